The molecule has 1 heterocycles. The van der Waals surface area contributed by atoms with Crippen molar-refractivity contribution in [2.75, 3.05) is 0 Å². The minimum atomic E-state index is -1.45. The van der Waals surface area contributed by atoms with E-state index in [1.807, 2.05) is 0 Å². The number of carbonyl (C=O) groups is 1. The predicted molar refractivity (Wildman–Crippen MR) is 67.7 cm³/mol. The Morgan fingerprint density at radius 3 is 2.74 bits per heavy atom. The van der Waals surface area contributed by atoms with Gasteiger partial charge >= 0.3 is 5.97 Å². The number of carboxylic acid groups (broad SMARTS) is 1. The lowest BCUT2D eigenvalue weighted by Gasteiger charge is -2.09. The summed E-state index contributed by atoms with van der Waals surface area (Å²) in [6.07, 6.45) is 1.28. The van der Waals surface area contributed by atoms with Crippen LogP contribution in [0.4, 0.5) is 4.39 Å². The number of halogens is 3. The topological polar surface area (TPSA) is 59.4 Å². The van der Waals surface area contributed by atoms with E-state index in [1.54, 1.807) is 0 Å². The Morgan fingerprint density at radius 2 is 2.11 bits per heavy atom. The third kappa shape index (κ3) is 2.94. The van der Waals surface area contributed by atoms with Crippen LogP contribution in [0, 0.1) is 5.82 Å². The molecule has 0 spiro atoms. The maximum atomic E-state index is 13.4. The lowest BCUT2D eigenvalue weighted by atomic mass is 10.2. The van der Waals surface area contributed by atoms with Gasteiger partial charge in [-0.2, -0.15) is 0 Å². The minimum absolute atomic E-state index is 0.0563. The summed E-state index contributed by atoms with van der Waals surface area (Å²) in [4.78, 5) is 14.8. The van der Waals surface area contributed by atoms with Crippen LogP contribution in [0.1, 0.15) is 10.4 Å². The number of aromatic nitrogens is 1. The first-order valence-corrected chi connectivity index (χ1v) is 5.75. The van der Waals surface area contributed by atoms with Crippen molar-refractivity contribution >= 4 is 29.2 Å². The van der Waals surface area contributed by atoms with Crippen molar-refractivity contribution in [1.29, 1.82) is 0 Å². The lowest BCUT2D eigenvalue weighted by molar-refractivity contribution is 0.0689. The van der Waals surface area contributed by atoms with E-state index < -0.39 is 17.3 Å². The highest BCUT2D eigenvalue weighted by atomic mass is 35.5. The SMILES string of the molecule is O=C(O)c1c(F)cccc1Oc1ncc(Cl)cc1Cl. The minimum Gasteiger partial charge on any atom is -0.477 e. The molecule has 98 valence electrons. The van der Waals surface area contributed by atoms with Crippen molar-refractivity contribution in [2.24, 2.45) is 0 Å². The van der Waals surface area contributed by atoms with Crippen molar-refractivity contribution in [3.63, 3.8) is 0 Å². The molecule has 0 amide bonds. The summed E-state index contributed by atoms with van der Waals surface area (Å²) >= 11 is 11.5. The number of nitrogens with zero attached hydrogens (tertiary/aromatic N) is 1. The number of hydrogen-bond donors (Lipinski definition) is 1. The number of hydrogen-bond acceptors (Lipinski definition) is 3. The second-order valence-electron chi connectivity index (χ2n) is 3.46. The van der Waals surface area contributed by atoms with Crippen LogP contribution < -0.4 is 4.74 Å². The average molecular weight is 302 g/mol. The van der Waals surface area contributed by atoms with Crippen LogP contribution >= 0.6 is 23.2 Å². The van der Waals surface area contributed by atoms with Crippen molar-refractivity contribution < 1.29 is 19.0 Å². The van der Waals surface area contributed by atoms with Crippen LogP contribution in [-0.2, 0) is 0 Å². The van der Waals surface area contributed by atoms with Crippen molar-refractivity contribution in [3.05, 3.63) is 51.9 Å². The molecule has 4 nitrogen and oxygen atoms in total. The molecular weight excluding hydrogens is 296 g/mol. The molecule has 2 rings (SSSR count). The molecule has 1 aromatic heterocycles. The molecule has 2 aromatic rings. The van der Waals surface area contributed by atoms with Gasteiger partial charge in [-0.05, 0) is 18.2 Å². The summed E-state index contributed by atoms with van der Waals surface area (Å²) in [7, 11) is 0. The van der Waals surface area contributed by atoms with Crippen LogP contribution in [0.15, 0.2) is 30.5 Å². The third-order valence-electron chi connectivity index (χ3n) is 2.17. The molecule has 0 aliphatic rings. The third-order valence-corrected chi connectivity index (χ3v) is 2.65. The van der Waals surface area contributed by atoms with E-state index in [-0.39, 0.29) is 16.7 Å². The Bertz CT molecular complexity index is 649. The van der Waals surface area contributed by atoms with E-state index in [4.69, 9.17) is 33.0 Å². The van der Waals surface area contributed by atoms with Crippen LogP contribution in [0.5, 0.6) is 11.6 Å². The molecule has 1 aromatic carbocycles. The van der Waals surface area contributed by atoms with Gasteiger partial charge in [-0.1, -0.05) is 29.3 Å². The van der Waals surface area contributed by atoms with E-state index in [1.165, 1.54) is 24.4 Å². The molecular formula is C12H6Cl2FNO3. The van der Waals surface area contributed by atoms with Gasteiger partial charge in [0, 0.05) is 6.20 Å². The fraction of sp³-hybridized carbons (Fsp3) is 0. The van der Waals surface area contributed by atoms with Gasteiger partial charge in [0.25, 0.3) is 0 Å². The van der Waals surface area contributed by atoms with E-state index in [0.29, 0.717) is 5.02 Å². The highest BCUT2D eigenvalue weighted by Gasteiger charge is 2.18. The summed E-state index contributed by atoms with van der Waals surface area (Å²) in [5.74, 6) is -2.60. The van der Waals surface area contributed by atoms with Crippen LogP contribution in [0.3, 0.4) is 0 Å². The normalized spacial score (nSPS) is 10.3. The van der Waals surface area contributed by atoms with Crippen molar-refractivity contribution in [3.8, 4) is 11.6 Å². The number of aromatic carboxylic acids is 1. The van der Waals surface area contributed by atoms with Gasteiger partial charge in [0.1, 0.15) is 22.2 Å². The van der Waals surface area contributed by atoms with E-state index in [0.717, 1.165) is 6.07 Å². The number of pyridine rings is 1. The van der Waals surface area contributed by atoms with Gasteiger partial charge < -0.3 is 9.84 Å². The zero-order valence-corrected chi connectivity index (χ0v) is 10.7. The largest absolute Gasteiger partial charge is 0.477 e. The Morgan fingerprint density at radius 1 is 1.37 bits per heavy atom. The van der Waals surface area contributed by atoms with Gasteiger partial charge in [-0.3, -0.25) is 0 Å². The summed E-state index contributed by atoms with van der Waals surface area (Å²) in [5, 5.41) is 9.34. The van der Waals surface area contributed by atoms with E-state index in [2.05, 4.69) is 4.98 Å². The molecule has 0 saturated carbocycles. The number of carboxylic acids is 1. The van der Waals surface area contributed by atoms with Crippen LogP contribution in [-0.4, -0.2) is 16.1 Å². The van der Waals surface area contributed by atoms with E-state index >= 15 is 0 Å². The molecule has 1 N–H and O–H groups in total. The molecule has 0 bridgehead atoms. The predicted octanol–water partition coefficient (Wildman–Crippen LogP) is 4.02. The molecule has 7 heteroatoms. The molecule has 0 aliphatic heterocycles. The second kappa shape index (κ2) is 5.42. The first kappa shape index (κ1) is 13.6. The molecule has 19 heavy (non-hydrogen) atoms. The standard InChI is InChI=1S/C12H6Cl2FNO3/c13-6-4-7(14)11(16-5-6)19-9-3-1-2-8(15)10(9)12(17)18/h1-5H,(H,17,18). The van der Waals surface area contributed by atoms with Gasteiger partial charge in [-0.15, -0.1) is 0 Å². The lowest BCUT2D eigenvalue weighted by Crippen LogP contribution is -2.04. The second-order valence-corrected chi connectivity index (χ2v) is 4.30. The Balaban J connectivity index is 2.44. The molecule has 0 unspecified atom stereocenters. The Hall–Kier alpha value is -1.85. The Kier molecular flexibility index (Phi) is 3.87. The van der Waals surface area contributed by atoms with Crippen molar-refractivity contribution in [2.45, 2.75) is 0 Å². The highest BCUT2D eigenvalue weighted by molar-refractivity contribution is 6.35. The van der Waals surface area contributed by atoms with Gasteiger partial charge in [0.05, 0.1) is 5.02 Å². The smallest absolute Gasteiger partial charge is 0.342 e. The molecule has 0 fully saturated rings. The first-order valence-electron chi connectivity index (χ1n) is 4.99. The molecule has 0 radical (unpaired) electrons. The van der Waals surface area contributed by atoms with Crippen LogP contribution in [0.2, 0.25) is 10.0 Å². The van der Waals surface area contributed by atoms with Crippen molar-refractivity contribution in [1.82, 2.24) is 4.98 Å². The van der Waals surface area contributed by atoms with Gasteiger partial charge in [-0.25, -0.2) is 14.2 Å². The quantitative estimate of drug-likeness (QED) is 0.930. The summed E-state index contributed by atoms with van der Waals surface area (Å²) in [6.45, 7) is 0. The average Bonchev–Trinajstić information content (AvgIpc) is 2.32. The van der Waals surface area contributed by atoms with Gasteiger partial charge in [0.15, 0.2) is 0 Å². The first-order chi connectivity index (χ1) is 8.99. The molecule has 0 saturated heterocycles. The molecule has 0 aliphatic carbocycles. The fourth-order valence-electron chi connectivity index (χ4n) is 1.38. The number of ether oxygens (including phenoxy) is 1. The summed E-state index contributed by atoms with van der Waals surface area (Å²) in [5.41, 5.74) is -0.588. The van der Waals surface area contributed by atoms with Gasteiger partial charge in [0.2, 0.25) is 5.88 Å². The monoisotopic (exact) mass is 301 g/mol. The van der Waals surface area contributed by atoms with E-state index in [9.17, 15) is 9.18 Å². The fourth-order valence-corrected chi connectivity index (χ4v) is 1.80. The maximum Gasteiger partial charge on any atom is 0.342 e. The highest BCUT2D eigenvalue weighted by Crippen LogP contribution is 2.31. The summed E-state index contributed by atoms with van der Waals surface area (Å²) in [6, 6.07) is 5.03. The summed E-state index contributed by atoms with van der Waals surface area (Å²) < 4.78 is 18.6. The Labute approximate surface area is 117 Å². The number of benzene rings is 1. The zero-order valence-electron chi connectivity index (χ0n) is 9.23. The van der Waals surface area contributed by atoms with Crippen LogP contribution in [0.25, 0.3) is 0 Å². The maximum absolute atomic E-state index is 13.4. The zero-order chi connectivity index (χ0) is 14.0. The number of rotatable bonds is 3. The molecule has 0 atom stereocenters.